The molecule has 24 heavy (non-hydrogen) atoms. The summed E-state index contributed by atoms with van der Waals surface area (Å²) in [4.78, 5) is 20.0. The van der Waals surface area contributed by atoms with E-state index in [1.165, 1.54) is 26.4 Å². The minimum atomic E-state index is -0.769. The first kappa shape index (κ1) is 17.5. The smallest absolute Gasteiger partial charge is 0.358 e. The van der Waals surface area contributed by atoms with Crippen LogP contribution < -0.4 is 10.5 Å². The van der Waals surface area contributed by atoms with Gasteiger partial charge in [-0.25, -0.2) is 19.2 Å². The zero-order valence-corrected chi connectivity index (χ0v) is 13.9. The van der Waals surface area contributed by atoms with Crippen molar-refractivity contribution < 1.29 is 18.7 Å². The number of nitrogens with zero attached hydrogens (tertiary/aromatic N) is 2. The van der Waals surface area contributed by atoms with Crippen LogP contribution in [0.25, 0.3) is 11.4 Å². The molecule has 0 saturated carbocycles. The molecular weight excluding hydrogens is 337 g/mol. The predicted molar refractivity (Wildman–Crippen MR) is 87.3 cm³/mol. The highest BCUT2D eigenvalue weighted by atomic mass is 35.5. The van der Waals surface area contributed by atoms with Gasteiger partial charge in [0, 0.05) is 0 Å². The zero-order valence-electron chi connectivity index (χ0n) is 13.1. The van der Waals surface area contributed by atoms with Gasteiger partial charge in [-0.3, -0.25) is 0 Å². The quantitative estimate of drug-likeness (QED) is 0.677. The van der Waals surface area contributed by atoms with Gasteiger partial charge >= 0.3 is 5.97 Å². The lowest BCUT2D eigenvalue weighted by atomic mass is 10.1. The average Bonchev–Trinajstić information content (AvgIpc) is 2.56. The van der Waals surface area contributed by atoms with Gasteiger partial charge in [0.05, 0.1) is 30.4 Å². The lowest BCUT2D eigenvalue weighted by molar-refractivity contribution is 0.0593. The van der Waals surface area contributed by atoms with Crippen LogP contribution in [-0.4, -0.2) is 30.2 Å². The number of esters is 1. The first-order chi connectivity index (χ1) is 11.4. The van der Waals surface area contributed by atoms with Crippen molar-refractivity contribution in [3.8, 4) is 29.0 Å². The Labute approximate surface area is 142 Å². The summed E-state index contributed by atoms with van der Waals surface area (Å²) in [6, 6.07) is 2.79. The van der Waals surface area contributed by atoms with E-state index in [1.807, 2.05) is 0 Å². The molecule has 0 radical (unpaired) electrons. The molecule has 0 aliphatic rings. The molecule has 1 aromatic heterocycles. The summed E-state index contributed by atoms with van der Waals surface area (Å²) in [7, 11) is 2.47. The Morgan fingerprint density at radius 1 is 1.33 bits per heavy atom. The number of nitrogen functional groups attached to an aromatic ring is 1. The molecule has 8 heteroatoms. The second-order valence-electron chi connectivity index (χ2n) is 4.46. The molecule has 0 unspecified atom stereocenters. The van der Waals surface area contributed by atoms with Crippen molar-refractivity contribution in [3.63, 3.8) is 0 Å². The van der Waals surface area contributed by atoms with Gasteiger partial charge in [-0.2, -0.15) is 0 Å². The largest absolute Gasteiger partial charge is 0.492 e. The maximum Gasteiger partial charge on any atom is 0.358 e. The first-order valence-corrected chi connectivity index (χ1v) is 7.03. The van der Waals surface area contributed by atoms with E-state index in [1.54, 1.807) is 6.92 Å². The number of nitrogens with two attached hydrogens (primary N) is 1. The Balaban J connectivity index is 2.75. The molecule has 6 nitrogen and oxygen atoms in total. The Morgan fingerprint density at radius 2 is 2.04 bits per heavy atom. The lowest BCUT2D eigenvalue weighted by Gasteiger charge is -2.11. The van der Waals surface area contributed by atoms with Gasteiger partial charge in [0.25, 0.3) is 0 Å². The highest BCUT2D eigenvalue weighted by Gasteiger charge is 2.22. The Kier molecular flexibility index (Phi) is 5.21. The van der Waals surface area contributed by atoms with E-state index in [0.29, 0.717) is 0 Å². The topological polar surface area (TPSA) is 87.3 Å². The average molecular weight is 350 g/mol. The van der Waals surface area contributed by atoms with Crippen LogP contribution in [0.5, 0.6) is 5.75 Å². The fraction of sp³-hybridized carbons (Fsp3) is 0.188. The molecular formula is C16H13ClFN3O3. The highest BCUT2D eigenvalue weighted by molar-refractivity contribution is 6.32. The third-order valence-electron chi connectivity index (χ3n) is 3.06. The molecule has 0 saturated heterocycles. The van der Waals surface area contributed by atoms with Gasteiger partial charge in [-0.1, -0.05) is 17.5 Å². The normalized spacial score (nSPS) is 9.88. The van der Waals surface area contributed by atoms with Crippen LogP contribution in [0.4, 0.5) is 10.2 Å². The van der Waals surface area contributed by atoms with E-state index in [9.17, 15) is 9.18 Å². The summed E-state index contributed by atoms with van der Waals surface area (Å²) in [6.07, 6.45) is 0. The number of ether oxygens (including phenoxy) is 2. The highest BCUT2D eigenvalue weighted by Crippen LogP contribution is 2.34. The van der Waals surface area contributed by atoms with Gasteiger partial charge in [0.1, 0.15) is 5.82 Å². The molecule has 0 amide bonds. The second kappa shape index (κ2) is 7.15. The SMILES string of the molecule is CC#Cc1c(N)nc(-c2ccc(Cl)c(OC)c2F)nc1C(=O)OC. The number of aromatic nitrogens is 2. The summed E-state index contributed by atoms with van der Waals surface area (Å²) in [5.41, 5.74) is 5.79. The molecule has 0 bridgehead atoms. The van der Waals surface area contributed by atoms with Crippen molar-refractivity contribution in [2.45, 2.75) is 6.92 Å². The van der Waals surface area contributed by atoms with Gasteiger partial charge in [-0.05, 0) is 19.1 Å². The fourth-order valence-corrected chi connectivity index (χ4v) is 2.21. The third-order valence-corrected chi connectivity index (χ3v) is 3.36. The van der Waals surface area contributed by atoms with Crippen molar-refractivity contribution in [3.05, 3.63) is 34.2 Å². The van der Waals surface area contributed by atoms with E-state index >= 15 is 0 Å². The molecule has 1 heterocycles. The van der Waals surface area contributed by atoms with Crippen LogP contribution >= 0.6 is 11.6 Å². The fourth-order valence-electron chi connectivity index (χ4n) is 1.98. The van der Waals surface area contributed by atoms with Crippen molar-refractivity contribution in [1.29, 1.82) is 0 Å². The Bertz CT molecular complexity index is 875. The standard InChI is InChI=1S/C16H13ClFN3O3/c1-4-5-9-12(16(22)24-3)20-15(21-14(9)19)8-6-7-10(17)13(23-2)11(8)18/h6-7H,1-3H3,(H2,19,20,21). The van der Waals surface area contributed by atoms with Gasteiger partial charge in [-0.15, -0.1) is 5.92 Å². The van der Waals surface area contributed by atoms with Crippen molar-refractivity contribution in [1.82, 2.24) is 9.97 Å². The van der Waals surface area contributed by atoms with Crippen LogP contribution in [-0.2, 0) is 4.74 Å². The number of methoxy groups -OCH3 is 2. The summed E-state index contributed by atoms with van der Waals surface area (Å²) in [5.74, 6) is 3.39. The summed E-state index contributed by atoms with van der Waals surface area (Å²) in [5, 5.41) is 0.0911. The minimum absolute atomic E-state index is 0.0240. The van der Waals surface area contributed by atoms with Crippen LogP contribution in [0.2, 0.25) is 5.02 Å². The maximum absolute atomic E-state index is 14.5. The molecule has 124 valence electrons. The summed E-state index contributed by atoms with van der Waals surface area (Å²) < 4.78 is 24.1. The number of carbonyl (C=O) groups is 1. The molecule has 0 aliphatic carbocycles. The monoisotopic (exact) mass is 349 g/mol. The first-order valence-electron chi connectivity index (χ1n) is 6.65. The molecule has 0 aliphatic heterocycles. The van der Waals surface area contributed by atoms with Gasteiger partial charge in [0.2, 0.25) is 0 Å². The van der Waals surface area contributed by atoms with Crippen LogP contribution in [0, 0.1) is 17.7 Å². The summed E-state index contributed by atoms with van der Waals surface area (Å²) in [6.45, 7) is 1.57. The van der Waals surface area contributed by atoms with E-state index in [0.717, 1.165) is 0 Å². The van der Waals surface area contributed by atoms with Gasteiger partial charge < -0.3 is 15.2 Å². The number of carbonyl (C=O) groups excluding carboxylic acids is 1. The van der Waals surface area contributed by atoms with E-state index in [4.69, 9.17) is 22.1 Å². The van der Waals surface area contributed by atoms with Crippen molar-refractivity contribution in [2.24, 2.45) is 0 Å². The minimum Gasteiger partial charge on any atom is -0.492 e. The van der Waals surface area contributed by atoms with Crippen LogP contribution in [0.15, 0.2) is 12.1 Å². The molecule has 2 N–H and O–H groups in total. The Hall–Kier alpha value is -2.85. The molecule has 0 atom stereocenters. The lowest BCUT2D eigenvalue weighted by Crippen LogP contribution is -2.12. The van der Waals surface area contributed by atoms with E-state index < -0.39 is 11.8 Å². The molecule has 1 aromatic carbocycles. The van der Waals surface area contributed by atoms with Crippen molar-refractivity contribution >= 4 is 23.4 Å². The maximum atomic E-state index is 14.5. The van der Waals surface area contributed by atoms with Crippen LogP contribution in [0.1, 0.15) is 23.0 Å². The number of anilines is 1. The molecule has 0 fully saturated rings. The second-order valence-corrected chi connectivity index (χ2v) is 4.87. The van der Waals surface area contributed by atoms with Gasteiger partial charge in [0.15, 0.2) is 23.1 Å². The number of halogens is 2. The molecule has 2 rings (SSSR count). The predicted octanol–water partition coefficient (Wildman–Crippen LogP) is 2.68. The van der Waals surface area contributed by atoms with Crippen LogP contribution in [0.3, 0.4) is 0 Å². The summed E-state index contributed by atoms with van der Waals surface area (Å²) >= 11 is 5.87. The zero-order chi connectivity index (χ0) is 17.9. The number of hydrogen-bond donors (Lipinski definition) is 1. The number of rotatable bonds is 3. The third kappa shape index (κ3) is 3.09. The number of benzene rings is 1. The molecule has 2 aromatic rings. The number of hydrogen-bond acceptors (Lipinski definition) is 6. The molecule has 0 spiro atoms. The van der Waals surface area contributed by atoms with E-state index in [2.05, 4.69) is 26.5 Å². The van der Waals surface area contributed by atoms with Crippen molar-refractivity contribution in [2.75, 3.05) is 20.0 Å². The Morgan fingerprint density at radius 3 is 2.62 bits per heavy atom. The van der Waals surface area contributed by atoms with E-state index in [-0.39, 0.29) is 39.2 Å².